The molecular weight excluding hydrogens is 312 g/mol. The van der Waals surface area contributed by atoms with Crippen LogP contribution in [0.1, 0.15) is 19.4 Å². The standard InChI is InChI=1S/C14H23ClN2O3S/c1-4-16-11-12-6-7-13(10-14(12)15)21(18,19)17(3)8-9-20-5-2/h6-7,10,16H,4-5,8-9,11H2,1-3H3. The summed E-state index contributed by atoms with van der Waals surface area (Å²) in [6.07, 6.45) is 0. The number of benzene rings is 1. The fourth-order valence-corrected chi connectivity index (χ4v) is 3.22. The fraction of sp³-hybridized carbons (Fsp3) is 0.571. The van der Waals surface area contributed by atoms with E-state index in [1.807, 2.05) is 13.8 Å². The van der Waals surface area contributed by atoms with E-state index in [4.69, 9.17) is 16.3 Å². The third-order valence-corrected chi connectivity index (χ3v) is 5.26. The second-order valence-corrected chi connectivity index (χ2v) is 7.01. The van der Waals surface area contributed by atoms with Crippen LogP contribution in [-0.2, 0) is 21.3 Å². The van der Waals surface area contributed by atoms with Crippen LogP contribution in [-0.4, -0.2) is 46.1 Å². The van der Waals surface area contributed by atoms with Crippen LogP contribution in [0.4, 0.5) is 0 Å². The molecule has 0 aliphatic rings. The third-order valence-electron chi connectivity index (χ3n) is 3.05. The lowest BCUT2D eigenvalue weighted by molar-refractivity contribution is 0.138. The molecule has 21 heavy (non-hydrogen) atoms. The predicted molar refractivity (Wildman–Crippen MR) is 85.1 cm³/mol. The summed E-state index contributed by atoms with van der Waals surface area (Å²) in [4.78, 5) is 0.201. The Morgan fingerprint density at radius 1 is 1.33 bits per heavy atom. The van der Waals surface area contributed by atoms with Gasteiger partial charge in [-0.3, -0.25) is 0 Å². The van der Waals surface area contributed by atoms with Crippen molar-refractivity contribution in [3.05, 3.63) is 28.8 Å². The summed E-state index contributed by atoms with van der Waals surface area (Å²) in [7, 11) is -1.99. The number of sulfonamides is 1. The lowest BCUT2D eigenvalue weighted by Crippen LogP contribution is -2.30. The zero-order valence-electron chi connectivity index (χ0n) is 12.7. The van der Waals surface area contributed by atoms with E-state index in [2.05, 4.69) is 5.32 Å². The molecule has 0 atom stereocenters. The van der Waals surface area contributed by atoms with Gasteiger partial charge in [0.05, 0.1) is 11.5 Å². The number of nitrogens with one attached hydrogen (secondary N) is 1. The number of halogens is 1. The highest BCUT2D eigenvalue weighted by molar-refractivity contribution is 7.89. The Labute approximate surface area is 132 Å². The Hall–Kier alpha value is -0.660. The van der Waals surface area contributed by atoms with Crippen LogP contribution in [0.25, 0.3) is 0 Å². The van der Waals surface area contributed by atoms with Crippen LogP contribution in [0.5, 0.6) is 0 Å². The van der Waals surface area contributed by atoms with Gasteiger partial charge < -0.3 is 10.1 Å². The highest BCUT2D eigenvalue weighted by Gasteiger charge is 2.21. The van der Waals surface area contributed by atoms with Crippen molar-refractivity contribution in [2.75, 3.05) is 33.4 Å². The molecule has 0 fully saturated rings. The largest absolute Gasteiger partial charge is 0.380 e. The van der Waals surface area contributed by atoms with Crippen molar-refractivity contribution < 1.29 is 13.2 Å². The van der Waals surface area contributed by atoms with Gasteiger partial charge in [-0.25, -0.2) is 8.42 Å². The van der Waals surface area contributed by atoms with Gasteiger partial charge in [-0.05, 0) is 31.2 Å². The maximum absolute atomic E-state index is 12.4. The summed E-state index contributed by atoms with van der Waals surface area (Å²) < 4.78 is 31.3. The zero-order chi connectivity index (χ0) is 15.9. The quantitative estimate of drug-likeness (QED) is 0.703. The Balaban J connectivity index is 2.85. The van der Waals surface area contributed by atoms with Gasteiger partial charge in [-0.15, -0.1) is 0 Å². The summed E-state index contributed by atoms with van der Waals surface area (Å²) in [5.74, 6) is 0. The molecule has 5 nitrogen and oxygen atoms in total. The molecule has 7 heteroatoms. The van der Waals surface area contributed by atoms with Crippen molar-refractivity contribution in [1.82, 2.24) is 9.62 Å². The topological polar surface area (TPSA) is 58.6 Å². The predicted octanol–water partition coefficient (Wildman–Crippen LogP) is 2.11. The average molecular weight is 335 g/mol. The highest BCUT2D eigenvalue weighted by atomic mass is 35.5. The van der Waals surface area contributed by atoms with Crippen molar-refractivity contribution in [1.29, 1.82) is 0 Å². The monoisotopic (exact) mass is 334 g/mol. The van der Waals surface area contributed by atoms with Gasteiger partial charge >= 0.3 is 0 Å². The minimum atomic E-state index is -3.53. The van der Waals surface area contributed by atoms with E-state index in [9.17, 15) is 8.42 Å². The third kappa shape index (κ3) is 5.23. The van der Waals surface area contributed by atoms with Crippen molar-refractivity contribution in [2.24, 2.45) is 0 Å². The first-order valence-electron chi connectivity index (χ1n) is 6.96. The van der Waals surface area contributed by atoms with Crippen LogP contribution < -0.4 is 5.32 Å². The molecule has 1 rings (SSSR count). The molecule has 0 amide bonds. The molecule has 0 unspecified atom stereocenters. The lowest BCUT2D eigenvalue weighted by Gasteiger charge is -2.17. The molecule has 0 saturated carbocycles. The van der Waals surface area contributed by atoms with Crippen LogP contribution in [0.15, 0.2) is 23.1 Å². The maximum Gasteiger partial charge on any atom is 0.242 e. The van der Waals surface area contributed by atoms with Gasteiger partial charge in [0.2, 0.25) is 10.0 Å². The second-order valence-electron chi connectivity index (χ2n) is 4.56. The Kier molecular flexibility index (Phi) is 7.62. The molecule has 0 radical (unpaired) electrons. The number of likely N-dealkylation sites (N-methyl/N-ethyl adjacent to an activating group) is 1. The minimum absolute atomic E-state index is 0.201. The average Bonchev–Trinajstić information content (AvgIpc) is 2.46. The van der Waals surface area contributed by atoms with Crippen LogP contribution >= 0.6 is 11.6 Å². The molecular formula is C14H23ClN2O3S. The number of hydrogen-bond donors (Lipinski definition) is 1. The van der Waals surface area contributed by atoms with Gasteiger partial charge in [-0.1, -0.05) is 24.6 Å². The molecule has 0 saturated heterocycles. The fourth-order valence-electron chi connectivity index (χ4n) is 1.73. The molecule has 0 spiro atoms. The van der Waals surface area contributed by atoms with Gasteiger partial charge in [0, 0.05) is 31.8 Å². The molecule has 0 aromatic heterocycles. The molecule has 0 bridgehead atoms. The molecule has 1 N–H and O–H groups in total. The number of rotatable bonds is 9. The SMILES string of the molecule is CCNCc1ccc(S(=O)(=O)N(C)CCOCC)cc1Cl. The van der Waals surface area contributed by atoms with E-state index in [-0.39, 0.29) is 4.90 Å². The molecule has 0 aliphatic carbocycles. The van der Waals surface area contributed by atoms with E-state index in [1.165, 1.54) is 17.4 Å². The van der Waals surface area contributed by atoms with E-state index in [1.54, 1.807) is 12.1 Å². The van der Waals surface area contributed by atoms with E-state index >= 15 is 0 Å². The second kappa shape index (κ2) is 8.70. The van der Waals surface area contributed by atoms with Crippen molar-refractivity contribution >= 4 is 21.6 Å². The van der Waals surface area contributed by atoms with Crippen LogP contribution in [0, 0.1) is 0 Å². The number of ether oxygens (including phenoxy) is 1. The van der Waals surface area contributed by atoms with Gasteiger partial charge in [0.25, 0.3) is 0 Å². The van der Waals surface area contributed by atoms with E-state index in [0.717, 1.165) is 12.1 Å². The van der Waals surface area contributed by atoms with E-state index < -0.39 is 10.0 Å². The van der Waals surface area contributed by atoms with Crippen LogP contribution in [0.3, 0.4) is 0 Å². The summed E-state index contributed by atoms with van der Waals surface area (Å²) in [6.45, 7) is 6.58. The van der Waals surface area contributed by atoms with Gasteiger partial charge in [-0.2, -0.15) is 4.31 Å². The number of nitrogens with zero attached hydrogens (tertiary/aromatic N) is 1. The smallest absolute Gasteiger partial charge is 0.242 e. The van der Waals surface area contributed by atoms with Crippen molar-refractivity contribution in [2.45, 2.75) is 25.3 Å². The van der Waals surface area contributed by atoms with Crippen molar-refractivity contribution in [3.63, 3.8) is 0 Å². The van der Waals surface area contributed by atoms with Gasteiger partial charge in [0.15, 0.2) is 0 Å². The molecule has 120 valence electrons. The van der Waals surface area contributed by atoms with E-state index in [0.29, 0.717) is 31.3 Å². The first kappa shape index (κ1) is 18.4. The highest BCUT2D eigenvalue weighted by Crippen LogP contribution is 2.22. The molecule has 0 aliphatic heterocycles. The number of hydrogen-bond acceptors (Lipinski definition) is 4. The van der Waals surface area contributed by atoms with Crippen molar-refractivity contribution in [3.8, 4) is 0 Å². The van der Waals surface area contributed by atoms with Gasteiger partial charge in [0.1, 0.15) is 0 Å². The lowest BCUT2D eigenvalue weighted by atomic mass is 10.2. The summed E-state index contributed by atoms with van der Waals surface area (Å²) in [5.41, 5.74) is 0.884. The molecule has 0 heterocycles. The Morgan fingerprint density at radius 2 is 2.05 bits per heavy atom. The summed E-state index contributed by atoms with van der Waals surface area (Å²) in [6, 6.07) is 4.83. The first-order valence-corrected chi connectivity index (χ1v) is 8.78. The summed E-state index contributed by atoms with van der Waals surface area (Å²) in [5, 5.41) is 3.61. The minimum Gasteiger partial charge on any atom is -0.380 e. The van der Waals surface area contributed by atoms with Crippen LogP contribution in [0.2, 0.25) is 5.02 Å². The zero-order valence-corrected chi connectivity index (χ0v) is 14.3. The molecule has 1 aromatic rings. The maximum atomic E-state index is 12.4. The first-order chi connectivity index (χ1) is 9.93. The Bertz CT molecular complexity index is 549. The molecule has 1 aromatic carbocycles. The summed E-state index contributed by atoms with van der Waals surface area (Å²) >= 11 is 6.16. The normalized spacial score (nSPS) is 12.0. The Morgan fingerprint density at radius 3 is 2.62 bits per heavy atom.